The van der Waals surface area contributed by atoms with E-state index >= 15 is 0 Å². The molecular formula is C19H25NO. The van der Waals surface area contributed by atoms with Gasteiger partial charge in [-0.25, -0.2) is 0 Å². The van der Waals surface area contributed by atoms with Crippen LogP contribution >= 0.6 is 0 Å². The summed E-state index contributed by atoms with van der Waals surface area (Å²) < 4.78 is 5.92. The van der Waals surface area contributed by atoms with E-state index in [0.717, 1.165) is 43.6 Å². The topological polar surface area (TPSA) is 35.2 Å². The summed E-state index contributed by atoms with van der Waals surface area (Å²) in [4.78, 5) is 0. The SMILES string of the molecule is CC[C@H](N)c1ccccc1OCCCCc1ccccc1. The lowest BCUT2D eigenvalue weighted by atomic mass is 10.0. The van der Waals surface area contributed by atoms with E-state index in [-0.39, 0.29) is 6.04 Å². The van der Waals surface area contributed by atoms with Crippen molar-refractivity contribution in [3.63, 3.8) is 0 Å². The highest BCUT2D eigenvalue weighted by atomic mass is 16.5. The van der Waals surface area contributed by atoms with E-state index in [9.17, 15) is 0 Å². The highest BCUT2D eigenvalue weighted by Crippen LogP contribution is 2.25. The van der Waals surface area contributed by atoms with Crippen LogP contribution in [0.15, 0.2) is 54.6 Å². The zero-order valence-electron chi connectivity index (χ0n) is 12.8. The third-order valence-corrected chi connectivity index (χ3v) is 3.72. The van der Waals surface area contributed by atoms with Gasteiger partial charge in [0.2, 0.25) is 0 Å². The number of ether oxygens (including phenoxy) is 1. The second-order valence-electron chi connectivity index (χ2n) is 5.34. The number of unbranched alkanes of at least 4 members (excludes halogenated alkanes) is 1. The number of hydrogen-bond donors (Lipinski definition) is 1. The predicted molar refractivity (Wildman–Crippen MR) is 88.5 cm³/mol. The van der Waals surface area contributed by atoms with Crippen LogP contribution in [0, 0.1) is 0 Å². The van der Waals surface area contributed by atoms with Crippen molar-refractivity contribution in [1.82, 2.24) is 0 Å². The van der Waals surface area contributed by atoms with Crippen LogP contribution in [0.25, 0.3) is 0 Å². The Morgan fingerprint density at radius 1 is 0.952 bits per heavy atom. The Bertz CT molecular complexity index is 524. The largest absolute Gasteiger partial charge is 0.493 e. The molecule has 0 unspecified atom stereocenters. The number of hydrogen-bond acceptors (Lipinski definition) is 2. The van der Waals surface area contributed by atoms with E-state index in [1.54, 1.807) is 0 Å². The Kier molecular flexibility index (Phi) is 6.29. The minimum atomic E-state index is 0.0607. The minimum absolute atomic E-state index is 0.0607. The molecule has 0 aromatic heterocycles. The monoisotopic (exact) mass is 283 g/mol. The quantitative estimate of drug-likeness (QED) is 0.724. The standard InChI is InChI=1S/C19H25NO/c1-2-18(20)17-13-6-7-14-19(17)21-15-9-8-12-16-10-4-3-5-11-16/h3-7,10-11,13-14,18H,2,8-9,12,15,20H2,1H3/t18-/m0/s1. The van der Waals surface area contributed by atoms with Crippen LogP contribution in [0.5, 0.6) is 5.75 Å². The smallest absolute Gasteiger partial charge is 0.124 e. The molecule has 1 atom stereocenters. The van der Waals surface area contributed by atoms with Gasteiger partial charge in [0.25, 0.3) is 0 Å². The minimum Gasteiger partial charge on any atom is -0.493 e. The second kappa shape index (κ2) is 8.48. The predicted octanol–water partition coefficient (Wildman–Crippen LogP) is 4.50. The number of nitrogens with two attached hydrogens (primary N) is 1. The first kappa shape index (κ1) is 15.6. The molecule has 0 fully saturated rings. The molecule has 2 aromatic rings. The summed E-state index contributed by atoms with van der Waals surface area (Å²) in [6.07, 6.45) is 4.24. The lowest BCUT2D eigenvalue weighted by Crippen LogP contribution is -2.11. The summed E-state index contributed by atoms with van der Waals surface area (Å²) in [5.74, 6) is 0.937. The molecule has 0 heterocycles. The Balaban J connectivity index is 1.76. The highest BCUT2D eigenvalue weighted by molar-refractivity contribution is 5.35. The van der Waals surface area contributed by atoms with E-state index in [1.165, 1.54) is 5.56 Å². The van der Waals surface area contributed by atoms with Crippen LogP contribution in [0.4, 0.5) is 0 Å². The average Bonchev–Trinajstić information content (AvgIpc) is 2.55. The molecule has 2 heteroatoms. The van der Waals surface area contributed by atoms with Crippen LogP contribution in [0.2, 0.25) is 0 Å². The molecule has 0 spiro atoms. The molecule has 0 radical (unpaired) electrons. The van der Waals surface area contributed by atoms with Crippen LogP contribution in [0.3, 0.4) is 0 Å². The number of benzene rings is 2. The first-order chi connectivity index (χ1) is 10.3. The van der Waals surface area contributed by atoms with Crippen molar-refractivity contribution in [3.8, 4) is 5.75 Å². The highest BCUT2D eigenvalue weighted by Gasteiger charge is 2.09. The molecular weight excluding hydrogens is 258 g/mol. The van der Waals surface area contributed by atoms with E-state index in [2.05, 4.69) is 43.3 Å². The Hall–Kier alpha value is -1.80. The van der Waals surface area contributed by atoms with Crippen molar-refractivity contribution >= 4 is 0 Å². The molecule has 2 N–H and O–H groups in total. The molecule has 0 bridgehead atoms. The molecule has 2 nitrogen and oxygen atoms in total. The van der Waals surface area contributed by atoms with Gasteiger partial charge in [0.05, 0.1) is 6.61 Å². The first-order valence-corrected chi connectivity index (χ1v) is 7.82. The van der Waals surface area contributed by atoms with Crippen molar-refractivity contribution in [2.24, 2.45) is 5.73 Å². The first-order valence-electron chi connectivity index (χ1n) is 7.82. The van der Waals surface area contributed by atoms with E-state index in [1.807, 2.05) is 18.2 Å². The maximum atomic E-state index is 6.12. The molecule has 0 aliphatic heterocycles. The maximum Gasteiger partial charge on any atom is 0.124 e. The molecule has 21 heavy (non-hydrogen) atoms. The van der Waals surface area contributed by atoms with E-state index in [0.29, 0.717) is 0 Å². The van der Waals surface area contributed by atoms with Crippen molar-refractivity contribution in [1.29, 1.82) is 0 Å². The summed E-state index contributed by atoms with van der Waals surface area (Å²) in [5, 5.41) is 0. The van der Waals surface area contributed by atoms with Crippen molar-refractivity contribution in [3.05, 3.63) is 65.7 Å². The van der Waals surface area contributed by atoms with Crippen LogP contribution in [-0.2, 0) is 6.42 Å². The van der Waals surface area contributed by atoms with Crippen molar-refractivity contribution < 1.29 is 4.74 Å². The van der Waals surface area contributed by atoms with Gasteiger partial charge < -0.3 is 10.5 Å². The summed E-state index contributed by atoms with van der Waals surface area (Å²) in [6, 6.07) is 18.8. The number of rotatable bonds is 8. The van der Waals surface area contributed by atoms with Crippen molar-refractivity contribution in [2.75, 3.05) is 6.61 Å². The fourth-order valence-electron chi connectivity index (χ4n) is 2.40. The van der Waals surface area contributed by atoms with Gasteiger partial charge in [-0.3, -0.25) is 0 Å². The molecule has 112 valence electrons. The summed E-state index contributed by atoms with van der Waals surface area (Å²) in [6.45, 7) is 2.85. The van der Waals surface area contributed by atoms with Gasteiger partial charge in [0.15, 0.2) is 0 Å². The zero-order valence-corrected chi connectivity index (χ0v) is 12.8. The van der Waals surface area contributed by atoms with Gasteiger partial charge in [-0.1, -0.05) is 55.5 Å². The fourth-order valence-corrected chi connectivity index (χ4v) is 2.40. The molecule has 0 aliphatic rings. The van der Waals surface area contributed by atoms with Crippen molar-refractivity contribution in [2.45, 2.75) is 38.6 Å². The lowest BCUT2D eigenvalue weighted by Gasteiger charge is -2.15. The van der Waals surface area contributed by atoms with Crippen LogP contribution < -0.4 is 10.5 Å². The molecule has 0 amide bonds. The summed E-state index contributed by atoms with van der Waals surface area (Å²) in [5.41, 5.74) is 8.63. The lowest BCUT2D eigenvalue weighted by molar-refractivity contribution is 0.302. The maximum absolute atomic E-state index is 6.12. The Labute approximate surface area is 127 Å². The van der Waals surface area contributed by atoms with Crippen LogP contribution in [-0.4, -0.2) is 6.61 Å². The second-order valence-corrected chi connectivity index (χ2v) is 5.34. The third kappa shape index (κ3) is 4.91. The van der Waals surface area contributed by atoms with Gasteiger partial charge in [0.1, 0.15) is 5.75 Å². The summed E-state index contributed by atoms with van der Waals surface area (Å²) in [7, 11) is 0. The van der Waals surface area contributed by atoms with Gasteiger partial charge in [-0.05, 0) is 37.3 Å². The fraction of sp³-hybridized carbons (Fsp3) is 0.368. The number of aryl methyl sites for hydroxylation is 1. The third-order valence-electron chi connectivity index (χ3n) is 3.72. The van der Waals surface area contributed by atoms with Gasteiger partial charge in [-0.2, -0.15) is 0 Å². The molecule has 2 aromatic carbocycles. The zero-order chi connectivity index (χ0) is 14.9. The van der Waals surface area contributed by atoms with Crippen LogP contribution in [0.1, 0.15) is 43.4 Å². The van der Waals surface area contributed by atoms with Gasteiger partial charge >= 0.3 is 0 Å². The van der Waals surface area contributed by atoms with E-state index < -0.39 is 0 Å². The Morgan fingerprint density at radius 2 is 1.67 bits per heavy atom. The molecule has 0 saturated carbocycles. The molecule has 0 aliphatic carbocycles. The Morgan fingerprint density at radius 3 is 2.43 bits per heavy atom. The van der Waals surface area contributed by atoms with E-state index in [4.69, 9.17) is 10.5 Å². The van der Waals surface area contributed by atoms with Gasteiger partial charge in [0, 0.05) is 11.6 Å². The molecule has 0 saturated heterocycles. The molecule has 2 rings (SSSR count). The summed E-state index contributed by atoms with van der Waals surface area (Å²) >= 11 is 0. The normalized spacial score (nSPS) is 12.1. The van der Waals surface area contributed by atoms with Gasteiger partial charge in [-0.15, -0.1) is 0 Å². The average molecular weight is 283 g/mol. The number of para-hydroxylation sites is 1.